The predicted molar refractivity (Wildman–Crippen MR) is 68.7 cm³/mol. The Bertz CT molecular complexity index is 668. The smallest absolute Gasteiger partial charge is 0.337 e. The number of esters is 1. The van der Waals surface area contributed by atoms with E-state index in [0.717, 1.165) is 6.07 Å². The van der Waals surface area contributed by atoms with E-state index in [4.69, 9.17) is 5.73 Å². The first-order chi connectivity index (χ1) is 9.52. The molecule has 0 atom stereocenters. The van der Waals surface area contributed by atoms with Crippen molar-refractivity contribution in [2.45, 2.75) is 0 Å². The number of carbonyl (C=O) groups is 2. The Kier molecular flexibility index (Phi) is 3.65. The molecular formula is C12H11FN4O3. The summed E-state index contributed by atoms with van der Waals surface area (Å²) < 4.78 is 18.1. The lowest BCUT2D eigenvalue weighted by atomic mass is 10.2. The van der Waals surface area contributed by atoms with Gasteiger partial charge in [-0.15, -0.1) is 0 Å². The zero-order chi connectivity index (χ0) is 14.7. The minimum absolute atomic E-state index is 0.00729. The Morgan fingerprint density at radius 1 is 1.45 bits per heavy atom. The number of nitrogens with two attached hydrogens (primary N) is 1. The van der Waals surface area contributed by atoms with Crippen LogP contribution in [0.2, 0.25) is 0 Å². The van der Waals surface area contributed by atoms with Gasteiger partial charge in [-0.3, -0.25) is 9.89 Å². The molecule has 0 aliphatic rings. The normalized spacial score (nSPS) is 10.1. The van der Waals surface area contributed by atoms with Gasteiger partial charge in [0.2, 0.25) is 0 Å². The molecule has 0 aliphatic carbocycles. The number of aromatic nitrogens is 2. The number of H-pyrrole nitrogens is 1. The van der Waals surface area contributed by atoms with Gasteiger partial charge in [0.15, 0.2) is 0 Å². The molecule has 0 radical (unpaired) electrons. The van der Waals surface area contributed by atoms with Gasteiger partial charge in [0.25, 0.3) is 5.91 Å². The minimum Gasteiger partial charge on any atom is -0.465 e. The first-order valence-corrected chi connectivity index (χ1v) is 5.51. The molecule has 0 aliphatic heterocycles. The van der Waals surface area contributed by atoms with Crippen LogP contribution in [0.5, 0.6) is 0 Å². The van der Waals surface area contributed by atoms with Crippen LogP contribution in [0, 0.1) is 5.82 Å². The molecule has 20 heavy (non-hydrogen) atoms. The summed E-state index contributed by atoms with van der Waals surface area (Å²) in [7, 11) is 1.20. The average Bonchev–Trinajstić information content (AvgIpc) is 2.86. The molecule has 0 spiro atoms. The fourth-order valence-corrected chi connectivity index (χ4v) is 1.53. The molecule has 7 nitrogen and oxygen atoms in total. The molecule has 1 amide bonds. The van der Waals surface area contributed by atoms with Crippen molar-refractivity contribution in [1.82, 2.24) is 10.2 Å². The van der Waals surface area contributed by atoms with Crippen LogP contribution in [0.15, 0.2) is 24.4 Å². The number of anilines is 2. The van der Waals surface area contributed by atoms with Crippen molar-refractivity contribution >= 4 is 23.3 Å². The van der Waals surface area contributed by atoms with Crippen LogP contribution >= 0.6 is 0 Å². The summed E-state index contributed by atoms with van der Waals surface area (Å²) in [6.07, 6.45) is 1.26. The van der Waals surface area contributed by atoms with Crippen molar-refractivity contribution in [1.29, 1.82) is 0 Å². The standard InChI is InChI=1S/C12H11FN4O3/c1-20-12(19)6-2-3-7(13)9(4-6)16-11(18)10-8(14)5-15-17-10/h2-5H,14H2,1H3,(H,15,17)(H,16,18). The Morgan fingerprint density at radius 3 is 2.80 bits per heavy atom. The van der Waals surface area contributed by atoms with Gasteiger partial charge in [-0.1, -0.05) is 0 Å². The number of amides is 1. The lowest BCUT2D eigenvalue weighted by Crippen LogP contribution is -2.15. The number of halogens is 1. The Morgan fingerprint density at radius 2 is 2.20 bits per heavy atom. The maximum Gasteiger partial charge on any atom is 0.337 e. The summed E-state index contributed by atoms with van der Waals surface area (Å²) in [5.74, 6) is -1.99. The molecule has 0 saturated heterocycles. The summed E-state index contributed by atoms with van der Waals surface area (Å²) in [6.45, 7) is 0. The molecule has 104 valence electrons. The van der Waals surface area contributed by atoms with E-state index in [9.17, 15) is 14.0 Å². The maximum absolute atomic E-state index is 13.6. The number of ether oxygens (including phenoxy) is 1. The second kappa shape index (κ2) is 5.39. The number of hydrogen-bond acceptors (Lipinski definition) is 5. The molecule has 1 aromatic carbocycles. The minimum atomic E-state index is -0.691. The SMILES string of the molecule is COC(=O)c1ccc(F)c(NC(=O)c2[nH]ncc2N)c1. The second-order valence-electron chi connectivity index (χ2n) is 3.84. The monoisotopic (exact) mass is 278 g/mol. The van der Waals surface area contributed by atoms with Crippen LogP contribution in [0.1, 0.15) is 20.8 Å². The number of nitrogens with zero attached hydrogens (tertiary/aromatic N) is 1. The third-order valence-electron chi connectivity index (χ3n) is 2.53. The molecule has 0 unspecified atom stereocenters. The van der Waals surface area contributed by atoms with E-state index in [1.165, 1.54) is 25.4 Å². The second-order valence-corrected chi connectivity index (χ2v) is 3.84. The van der Waals surface area contributed by atoms with E-state index in [2.05, 4.69) is 20.3 Å². The Hall–Kier alpha value is -2.90. The highest BCUT2D eigenvalue weighted by Gasteiger charge is 2.16. The first-order valence-electron chi connectivity index (χ1n) is 5.51. The summed E-state index contributed by atoms with van der Waals surface area (Å²) in [4.78, 5) is 23.2. The number of hydrogen-bond donors (Lipinski definition) is 3. The van der Waals surface area contributed by atoms with Crippen LogP contribution in [0.4, 0.5) is 15.8 Å². The highest BCUT2D eigenvalue weighted by molar-refractivity contribution is 6.06. The van der Waals surface area contributed by atoms with Crippen LogP contribution in [-0.2, 0) is 4.74 Å². The zero-order valence-corrected chi connectivity index (χ0v) is 10.4. The van der Waals surface area contributed by atoms with E-state index in [0.29, 0.717) is 0 Å². The Balaban J connectivity index is 2.27. The van der Waals surface area contributed by atoms with Crippen molar-refractivity contribution in [3.63, 3.8) is 0 Å². The third-order valence-corrected chi connectivity index (χ3v) is 2.53. The fraction of sp³-hybridized carbons (Fsp3) is 0.0833. The molecule has 2 aromatic rings. The molecule has 0 saturated carbocycles. The number of rotatable bonds is 3. The van der Waals surface area contributed by atoms with Gasteiger partial charge in [-0.25, -0.2) is 9.18 Å². The van der Waals surface area contributed by atoms with Gasteiger partial charge in [-0.2, -0.15) is 5.10 Å². The highest BCUT2D eigenvalue weighted by Crippen LogP contribution is 2.18. The number of benzene rings is 1. The van der Waals surface area contributed by atoms with Crippen molar-refractivity contribution < 1.29 is 18.7 Å². The van der Waals surface area contributed by atoms with Gasteiger partial charge < -0.3 is 15.8 Å². The first kappa shape index (κ1) is 13.5. The molecule has 0 bridgehead atoms. The summed E-state index contributed by atoms with van der Waals surface area (Å²) >= 11 is 0. The lowest BCUT2D eigenvalue weighted by Gasteiger charge is -2.07. The van der Waals surface area contributed by atoms with Crippen LogP contribution < -0.4 is 11.1 Å². The third kappa shape index (κ3) is 2.58. The van der Waals surface area contributed by atoms with Crippen LogP contribution in [0.3, 0.4) is 0 Å². The predicted octanol–water partition coefficient (Wildman–Crippen LogP) is 1.17. The van der Waals surface area contributed by atoms with E-state index in [1.54, 1.807) is 0 Å². The van der Waals surface area contributed by atoms with Crippen molar-refractivity contribution in [3.05, 3.63) is 41.5 Å². The van der Waals surface area contributed by atoms with E-state index >= 15 is 0 Å². The van der Waals surface area contributed by atoms with Crippen molar-refractivity contribution in [3.8, 4) is 0 Å². The summed E-state index contributed by atoms with van der Waals surface area (Å²) in [6, 6.07) is 3.48. The molecule has 4 N–H and O–H groups in total. The summed E-state index contributed by atoms with van der Waals surface area (Å²) in [5.41, 5.74) is 5.60. The Labute approximate surface area is 112 Å². The van der Waals surface area contributed by atoms with Gasteiger partial charge in [0.05, 0.1) is 30.2 Å². The van der Waals surface area contributed by atoms with Crippen LogP contribution in [-0.4, -0.2) is 29.2 Å². The molecular weight excluding hydrogens is 267 g/mol. The highest BCUT2D eigenvalue weighted by atomic mass is 19.1. The molecule has 0 fully saturated rings. The zero-order valence-electron chi connectivity index (χ0n) is 10.4. The van der Waals surface area contributed by atoms with Gasteiger partial charge in [-0.05, 0) is 18.2 Å². The topological polar surface area (TPSA) is 110 Å². The molecule has 1 aromatic heterocycles. The summed E-state index contributed by atoms with van der Waals surface area (Å²) in [5, 5.41) is 8.28. The lowest BCUT2D eigenvalue weighted by molar-refractivity contribution is 0.0600. The maximum atomic E-state index is 13.6. The number of aromatic amines is 1. The van der Waals surface area contributed by atoms with E-state index in [-0.39, 0.29) is 22.6 Å². The van der Waals surface area contributed by atoms with Gasteiger partial charge in [0, 0.05) is 0 Å². The largest absolute Gasteiger partial charge is 0.465 e. The molecule has 1 heterocycles. The number of methoxy groups -OCH3 is 1. The van der Waals surface area contributed by atoms with Crippen molar-refractivity contribution in [2.24, 2.45) is 0 Å². The van der Waals surface area contributed by atoms with E-state index < -0.39 is 17.7 Å². The molecule has 8 heteroatoms. The quantitative estimate of drug-likeness (QED) is 0.730. The average molecular weight is 278 g/mol. The van der Waals surface area contributed by atoms with Gasteiger partial charge >= 0.3 is 5.97 Å². The fourth-order valence-electron chi connectivity index (χ4n) is 1.53. The number of nitrogens with one attached hydrogen (secondary N) is 2. The number of carbonyl (C=O) groups excluding carboxylic acids is 2. The van der Waals surface area contributed by atoms with E-state index in [1.807, 2.05) is 0 Å². The van der Waals surface area contributed by atoms with Gasteiger partial charge in [0.1, 0.15) is 11.5 Å². The van der Waals surface area contributed by atoms with Crippen molar-refractivity contribution in [2.75, 3.05) is 18.2 Å². The van der Waals surface area contributed by atoms with Crippen LogP contribution in [0.25, 0.3) is 0 Å². The molecule has 2 rings (SSSR count). The number of nitrogen functional groups attached to an aromatic ring is 1.